The molecule has 146 valence electrons. The molecule has 3 N–H and O–H groups in total. The second-order valence-electron chi connectivity index (χ2n) is 6.43. The molecule has 0 heterocycles. The summed E-state index contributed by atoms with van der Waals surface area (Å²) in [6, 6.07) is 13.6. The molecule has 0 saturated carbocycles. The van der Waals surface area contributed by atoms with Gasteiger partial charge in [0.1, 0.15) is 5.75 Å². The van der Waals surface area contributed by atoms with E-state index >= 15 is 0 Å². The summed E-state index contributed by atoms with van der Waals surface area (Å²) in [5, 5.41) is 8.00. The molecule has 0 aliphatic carbocycles. The average molecular weight is 391 g/mol. The highest BCUT2D eigenvalue weighted by molar-refractivity contribution is 7.89. The molecular formula is C19H25N3O4S. The molecule has 27 heavy (non-hydrogen) atoms. The van der Waals surface area contributed by atoms with Crippen LogP contribution in [-0.4, -0.2) is 39.9 Å². The number of rotatable bonds is 8. The summed E-state index contributed by atoms with van der Waals surface area (Å²) in [7, 11) is -0.238. The lowest BCUT2D eigenvalue weighted by Crippen LogP contribution is -2.36. The van der Waals surface area contributed by atoms with Crippen LogP contribution < -0.4 is 15.2 Å². The number of sulfonamides is 1. The molecule has 2 aromatic rings. The number of primary sulfonamides is 1. The van der Waals surface area contributed by atoms with Crippen molar-refractivity contribution in [2.24, 2.45) is 5.14 Å². The van der Waals surface area contributed by atoms with E-state index in [2.05, 4.69) is 5.32 Å². The summed E-state index contributed by atoms with van der Waals surface area (Å²) < 4.78 is 27.8. The first-order valence-electron chi connectivity index (χ1n) is 8.42. The Bertz CT molecular complexity index is 882. The predicted molar refractivity (Wildman–Crippen MR) is 104 cm³/mol. The lowest BCUT2D eigenvalue weighted by atomic mass is 10.1. The van der Waals surface area contributed by atoms with Gasteiger partial charge in [-0.15, -0.1) is 0 Å². The number of nitrogens with one attached hydrogen (secondary N) is 1. The highest BCUT2D eigenvalue weighted by Gasteiger charge is 2.13. The number of hydrogen-bond donors (Lipinski definition) is 2. The van der Waals surface area contributed by atoms with E-state index in [0.29, 0.717) is 6.54 Å². The Morgan fingerprint density at radius 2 is 1.89 bits per heavy atom. The van der Waals surface area contributed by atoms with Crippen LogP contribution in [-0.2, 0) is 21.4 Å². The Morgan fingerprint density at radius 3 is 2.48 bits per heavy atom. The molecular weight excluding hydrogens is 366 g/mol. The maximum Gasteiger partial charge on any atom is 0.238 e. The van der Waals surface area contributed by atoms with Gasteiger partial charge < -0.3 is 10.1 Å². The van der Waals surface area contributed by atoms with Gasteiger partial charge in [0.2, 0.25) is 15.9 Å². The van der Waals surface area contributed by atoms with Crippen LogP contribution in [0.4, 0.5) is 0 Å². The summed E-state index contributed by atoms with van der Waals surface area (Å²) in [6.45, 7) is 2.69. The van der Waals surface area contributed by atoms with Crippen molar-refractivity contribution in [2.75, 3.05) is 20.7 Å². The second kappa shape index (κ2) is 8.98. The summed E-state index contributed by atoms with van der Waals surface area (Å²) >= 11 is 0. The SMILES string of the molecule is COc1cccc(CN(C)CC(=O)N[C@H](C)c2ccc(S(N)(=O)=O)cc2)c1. The molecule has 1 atom stereocenters. The highest BCUT2D eigenvalue weighted by Crippen LogP contribution is 2.16. The number of amides is 1. The van der Waals surface area contributed by atoms with Gasteiger partial charge in [-0.05, 0) is 49.4 Å². The number of nitrogens with two attached hydrogens (primary N) is 1. The molecule has 0 aliphatic rings. The maximum absolute atomic E-state index is 12.3. The maximum atomic E-state index is 12.3. The van der Waals surface area contributed by atoms with Crippen LogP contribution in [0.15, 0.2) is 53.4 Å². The zero-order chi connectivity index (χ0) is 20.0. The number of likely N-dealkylation sites (N-methyl/N-ethyl adjacent to an activating group) is 1. The lowest BCUT2D eigenvalue weighted by Gasteiger charge is -2.19. The molecule has 7 nitrogen and oxygen atoms in total. The molecule has 0 bridgehead atoms. The third kappa shape index (κ3) is 6.35. The van der Waals surface area contributed by atoms with E-state index in [-0.39, 0.29) is 23.4 Å². The third-order valence-corrected chi connectivity index (χ3v) is 5.02. The standard InChI is InChI=1S/C19H25N3O4S/c1-14(16-7-9-18(10-8-16)27(20,24)25)21-19(23)13-22(2)12-15-5-4-6-17(11-15)26-3/h4-11,14H,12-13H2,1-3H3,(H,21,23)(H2,20,24,25)/t14-/m1/s1. The van der Waals surface area contributed by atoms with Crippen molar-refractivity contribution < 1.29 is 17.9 Å². The molecule has 8 heteroatoms. The van der Waals surface area contributed by atoms with Gasteiger partial charge in [0.25, 0.3) is 0 Å². The van der Waals surface area contributed by atoms with Gasteiger partial charge in [0.15, 0.2) is 0 Å². The molecule has 0 saturated heterocycles. The first kappa shape index (κ1) is 20.9. The van der Waals surface area contributed by atoms with Gasteiger partial charge in [-0.25, -0.2) is 13.6 Å². The van der Waals surface area contributed by atoms with Crippen LogP contribution in [0.2, 0.25) is 0 Å². The largest absolute Gasteiger partial charge is 0.497 e. The van der Waals surface area contributed by atoms with Crippen molar-refractivity contribution in [3.63, 3.8) is 0 Å². The Hall–Kier alpha value is -2.42. The van der Waals surface area contributed by atoms with E-state index in [1.54, 1.807) is 19.2 Å². The number of nitrogens with zero attached hydrogens (tertiary/aromatic N) is 1. The monoisotopic (exact) mass is 391 g/mol. The van der Waals surface area contributed by atoms with Gasteiger partial charge in [0, 0.05) is 6.54 Å². The number of ether oxygens (including phenoxy) is 1. The smallest absolute Gasteiger partial charge is 0.238 e. The molecule has 2 rings (SSSR count). The first-order valence-corrected chi connectivity index (χ1v) is 9.97. The van der Waals surface area contributed by atoms with Gasteiger partial charge in [-0.2, -0.15) is 0 Å². The molecule has 0 aliphatic heterocycles. The van der Waals surface area contributed by atoms with Gasteiger partial charge >= 0.3 is 0 Å². The van der Waals surface area contributed by atoms with Crippen molar-refractivity contribution in [1.82, 2.24) is 10.2 Å². The second-order valence-corrected chi connectivity index (χ2v) is 7.99. The Labute approximate surface area is 160 Å². The highest BCUT2D eigenvalue weighted by atomic mass is 32.2. The van der Waals surface area contributed by atoms with Gasteiger partial charge in [-0.1, -0.05) is 24.3 Å². The van der Waals surface area contributed by atoms with E-state index in [1.807, 2.05) is 43.1 Å². The number of hydrogen-bond acceptors (Lipinski definition) is 5. The third-order valence-electron chi connectivity index (χ3n) is 4.09. The molecule has 0 aromatic heterocycles. The van der Waals surface area contributed by atoms with Crippen LogP contribution in [0, 0.1) is 0 Å². The van der Waals surface area contributed by atoms with Gasteiger partial charge in [-0.3, -0.25) is 9.69 Å². The van der Waals surface area contributed by atoms with Crippen LogP contribution in [0.25, 0.3) is 0 Å². The Kier molecular flexibility index (Phi) is 6.95. The molecule has 1 amide bonds. The van der Waals surface area contributed by atoms with E-state index in [4.69, 9.17) is 9.88 Å². The lowest BCUT2D eigenvalue weighted by molar-refractivity contribution is -0.122. The van der Waals surface area contributed by atoms with Crippen LogP contribution in [0.3, 0.4) is 0 Å². The number of carbonyl (C=O) groups is 1. The minimum Gasteiger partial charge on any atom is -0.497 e. The first-order chi connectivity index (χ1) is 12.7. The van der Waals surface area contributed by atoms with E-state index in [9.17, 15) is 13.2 Å². The fraction of sp³-hybridized carbons (Fsp3) is 0.316. The Balaban J connectivity index is 1.90. The van der Waals surface area contributed by atoms with E-state index in [1.165, 1.54) is 12.1 Å². The van der Waals surface area contributed by atoms with Crippen LogP contribution in [0.1, 0.15) is 24.1 Å². The molecule has 0 radical (unpaired) electrons. The fourth-order valence-corrected chi connectivity index (χ4v) is 3.22. The van der Waals surface area contributed by atoms with Crippen molar-refractivity contribution in [1.29, 1.82) is 0 Å². The van der Waals surface area contributed by atoms with Crippen molar-refractivity contribution in [2.45, 2.75) is 24.4 Å². The normalized spacial score (nSPS) is 12.6. The minimum atomic E-state index is -3.72. The number of carbonyl (C=O) groups excluding carboxylic acids is 1. The van der Waals surface area contributed by atoms with E-state index in [0.717, 1.165) is 16.9 Å². The average Bonchev–Trinajstić information content (AvgIpc) is 2.60. The molecule has 2 aromatic carbocycles. The molecule has 0 unspecified atom stereocenters. The molecule has 0 fully saturated rings. The topological polar surface area (TPSA) is 102 Å². The van der Waals surface area contributed by atoms with Crippen molar-refractivity contribution >= 4 is 15.9 Å². The van der Waals surface area contributed by atoms with Crippen LogP contribution in [0.5, 0.6) is 5.75 Å². The summed E-state index contributed by atoms with van der Waals surface area (Å²) in [6.07, 6.45) is 0. The number of benzene rings is 2. The van der Waals surface area contributed by atoms with Crippen molar-refractivity contribution in [3.8, 4) is 5.75 Å². The summed E-state index contributed by atoms with van der Waals surface area (Å²) in [4.78, 5) is 14.2. The fourth-order valence-electron chi connectivity index (χ4n) is 2.70. The molecule has 0 spiro atoms. The zero-order valence-electron chi connectivity index (χ0n) is 15.7. The quantitative estimate of drug-likeness (QED) is 0.712. The number of methoxy groups -OCH3 is 1. The van der Waals surface area contributed by atoms with E-state index < -0.39 is 10.0 Å². The zero-order valence-corrected chi connectivity index (χ0v) is 16.5. The minimum absolute atomic E-state index is 0.0443. The summed E-state index contributed by atoms with van der Waals surface area (Å²) in [5.74, 6) is 0.658. The summed E-state index contributed by atoms with van der Waals surface area (Å²) in [5.41, 5.74) is 1.85. The van der Waals surface area contributed by atoms with Crippen molar-refractivity contribution in [3.05, 3.63) is 59.7 Å². The van der Waals surface area contributed by atoms with Crippen LogP contribution >= 0.6 is 0 Å². The predicted octanol–water partition coefficient (Wildman–Crippen LogP) is 1.65. The Morgan fingerprint density at radius 1 is 1.22 bits per heavy atom. The van der Waals surface area contributed by atoms with Gasteiger partial charge in [0.05, 0.1) is 24.6 Å².